The lowest BCUT2D eigenvalue weighted by molar-refractivity contribution is -0.130. The van der Waals surface area contributed by atoms with Crippen molar-refractivity contribution in [1.29, 1.82) is 0 Å². The third-order valence-corrected chi connectivity index (χ3v) is 4.47. The lowest BCUT2D eigenvalue weighted by atomic mass is 9.94. The van der Waals surface area contributed by atoms with Gasteiger partial charge in [0.15, 0.2) is 0 Å². The van der Waals surface area contributed by atoms with Crippen molar-refractivity contribution in [2.75, 3.05) is 33.7 Å². The Labute approximate surface area is 152 Å². The SMILES string of the molecule is CN(C)C(=O)CN1CCC[C@H](c2nccnc2Oc2ccc(F)cc2)C1. The molecule has 1 aliphatic heterocycles. The van der Waals surface area contributed by atoms with E-state index < -0.39 is 0 Å². The summed E-state index contributed by atoms with van der Waals surface area (Å²) >= 11 is 0. The smallest absolute Gasteiger partial charge is 0.241 e. The zero-order valence-corrected chi connectivity index (χ0v) is 15.1. The molecule has 0 saturated carbocycles. The summed E-state index contributed by atoms with van der Waals surface area (Å²) in [4.78, 5) is 24.5. The highest BCUT2D eigenvalue weighted by Crippen LogP contribution is 2.32. The first kappa shape index (κ1) is 18.3. The molecule has 0 bridgehead atoms. The van der Waals surface area contributed by atoms with E-state index in [1.165, 1.54) is 12.1 Å². The second kappa shape index (κ2) is 8.23. The van der Waals surface area contributed by atoms with E-state index in [9.17, 15) is 9.18 Å². The predicted molar refractivity (Wildman–Crippen MR) is 95.6 cm³/mol. The molecule has 0 aliphatic carbocycles. The molecule has 138 valence electrons. The van der Waals surface area contributed by atoms with E-state index in [4.69, 9.17) is 4.74 Å². The molecule has 2 aromatic rings. The Kier molecular flexibility index (Phi) is 5.78. The Hall–Kier alpha value is -2.54. The van der Waals surface area contributed by atoms with Crippen LogP contribution in [0.25, 0.3) is 0 Å². The number of aromatic nitrogens is 2. The minimum Gasteiger partial charge on any atom is -0.437 e. The summed E-state index contributed by atoms with van der Waals surface area (Å²) in [5.41, 5.74) is 0.777. The maximum absolute atomic E-state index is 13.1. The highest BCUT2D eigenvalue weighted by Gasteiger charge is 2.27. The molecule has 0 spiro atoms. The molecule has 1 amide bonds. The fourth-order valence-corrected chi connectivity index (χ4v) is 3.06. The fourth-order valence-electron chi connectivity index (χ4n) is 3.06. The molecule has 7 heteroatoms. The Morgan fingerprint density at radius 3 is 2.73 bits per heavy atom. The van der Waals surface area contributed by atoms with E-state index >= 15 is 0 Å². The van der Waals surface area contributed by atoms with Gasteiger partial charge in [-0.25, -0.2) is 9.37 Å². The lowest BCUT2D eigenvalue weighted by Crippen LogP contribution is -2.41. The second-order valence-corrected chi connectivity index (χ2v) is 6.67. The number of benzene rings is 1. The van der Waals surface area contributed by atoms with Crippen LogP contribution in [0.4, 0.5) is 4.39 Å². The first-order valence-corrected chi connectivity index (χ1v) is 8.70. The molecule has 0 N–H and O–H groups in total. The number of carbonyl (C=O) groups excluding carboxylic acids is 1. The van der Waals surface area contributed by atoms with Gasteiger partial charge in [0.2, 0.25) is 11.8 Å². The van der Waals surface area contributed by atoms with Gasteiger partial charge in [0.1, 0.15) is 17.3 Å². The molecule has 1 aliphatic rings. The van der Waals surface area contributed by atoms with Crippen molar-refractivity contribution in [3.8, 4) is 11.6 Å². The van der Waals surface area contributed by atoms with E-state index in [0.29, 0.717) is 18.2 Å². The highest BCUT2D eigenvalue weighted by molar-refractivity contribution is 5.77. The third-order valence-electron chi connectivity index (χ3n) is 4.47. The highest BCUT2D eigenvalue weighted by atomic mass is 19.1. The summed E-state index contributed by atoms with van der Waals surface area (Å²) in [5, 5.41) is 0. The topological polar surface area (TPSA) is 58.6 Å². The van der Waals surface area contributed by atoms with Crippen molar-refractivity contribution >= 4 is 5.91 Å². The number of halogens is 1. The molecule has 3 rings (SSSR count). The van der Waals surface area contributed by atoms with Crippen LogP contribution in [-0.4, -0.2) is 59.4 Å². The molecule has 1 atom stereocenters. The standard InChI is InChI=1S/C19H23FN4O2/c1-23(2)17(25)13-24-11-3-4-14(12-24)18-19(22-10-9-21-18)26-16-7-5-15(20)6-8-16/h5-10,14H,3-4,11-13H2,1-2H3/t14-/m0/s1. The Balaban J connectivity index is 1.74. The minimum absolute atomic E-state index is 0.0904. The van der Waals surface area contributed by atoms with Crippen LogP contribution in [0.1, 0.15) is 24.5 Å². The zero-order chi connectivity index (χ0) is 18.5. The quantitative estimate of drug-likeness (QED) is 0.822. The van der Waals surface area contributed by atoms with E-state index in [1.807, 2.05) is 0 Å². The van der Waals surface area contributed by atoms with Crippen LogP contribution in [-0.2, 0) is 4.79 Å². The normalized spacial score (nSPS) is 17.7. The van der Waals surface area contributed by atoms with Crippen LogP contribution in [0.2, 0.25) is 0 Å². The minimum atomic E-state index is -0.315. The van der Waals surface area contributed by atoms with Crippen LogP contribution in [0.15, 0.2) is 36.7 Å². The van der Waals surface area contributed by atoms with Crippen LogP contribution in [0.3, 0.4) is 0 Å². The monoisotopic (exact) mass is 358 g/mol. The summed E-state index contributed by atoms with van der Waals surface area (Å²) < 4.78 is 18.9. The van der Waals surface area contributed by atoms with Crippen LogP contribution >= 0.6 is 0 Å². The Bertz CT molecular complexity index is 751. The number of hydrogen-bond donors (Lipinski definition) is 0. The van der Waals surface area contributed by atoms with E-state index in [-0.39, 0.29) is 17.6 Å². The van der Waals surface area contributed by atoms with Crippen LogP contribution in [0, 0.1) is 5.82 Å². The average Bonchev–Trinajstić information content (AvgIpc) is 2.64. The summed E-state index contributed by atoms with van der Waals surface area (Å²) in [6.07, 6.45) is 5.18. The largest absolute Gasteiger partial charge is 0.437 e. The molecule has 0 radical (unpaired) electrons. The van der Waals surface area contributed by atoms with Gasteiger partial charge in [-0.3, -0.25) is 14.7 Å². The maximum Gasteiger partial charge on any atom is 0.241 e. The van der Waals surface area contributed by atoms with Crippen molar-refractivity contribution in [2.45, 2.75) is 18.8 Å². The number of rotatable bonds is 5. The summed E-state index contributed by atoms with van der Waals surface area (Å²) in [7, 11) is 3.53. The molecular weight excluding hydrogens is 335 g/mol. The van der Waals surface area contributed by atoms with Crippen molar-refractivity contribution < 1.29 is 13.9 Å². The molecule has 1 saturated heterocycles. The lowest BCUT2D eigenvalue weighted by Gasteiger charge is -2.32. The average molecular weight is 358 g/mol. The van der Waals surface area contributed by atoms with Gasteiger partial charge in [-0.05, 0) is 43.7 Å². The Morgan fingerprint density at radius 1 is 1.27 bits per heavy atom. The number of ether oxygens (including phenoxy) is 1. The van der Waals surface area contributed by atoms with Gasteiger partial charge in [0, 0.05) is 39.0 Å². The predicted octanol–water partition coefficient (Wildman–Crippen LogP) is 2.68. The molecule has 1 fully saturated rings. The molecule has 0 unspecified atom stereocenters. The molecule has 1 aromatic carbocycles. The van der Waals surface area contributed by atoms with Gasteiger partial charge >= 0.3 is 0 Å². The maximum atomic E-state index is 13.1. The fraction of sp³-hybridized carbons (Fsp3) is 0.421. The van der Waals surface area contributed by atoms with Crippen molar-refractivity contribution in [2.24, 2.45) is 0 Å². The van der Waals surface area contributed by atoms with Crippen molar-refractivity contribution in [3.63, 3.8) is 0 Å². The number of nitrogens with zero attached hydrogens (tertiary/aromatic N) is 4. The number of amides is 1. The zero-order valence-electron chi connectivity index (χ0n) is 15.1. The third kappa shape index (κ3) is 4.54. The van der Waals surface area contributed by atoms with Crippen molar-refractivity contribution in [1.82, 2.24) is 19.8 Å². The number of likely N-dealkylation sites (tertiary alicyclic amines) is 1. The number of carbonyl (C=O) groups is 1. The summed E-state index contributed by atoms with van der Waals surface area (Å²) in [5.74, 6) is 0.870. The second-order valence-electron chi connectivity index (χ2n) is 6.67. The Morgan fingerprint density at radius 2 is 2.00 bits per heavy atom. The van der Waals surface area contributed by atoms with Crippen LogP contribution in [0.5, 0.6) is 11.6 Å². The van der Waals surface area contributed by atoms with E-state index in [1.54, 1.807) is 43.5 Å². The molecule has 1 aromatic heterocycles. The summed E-state index contributed by atoms with van der Waals surface area (Å²) in [6.45, 7) is 2.03. The number of likely N-dealkylation sites (N-methyl/N-ethyl adjacent to an activating group) is 1. The van der Waals surface area contributed by atoms with E-state index in [2.05, 4.69) is 14.9 Å². The summed E-state index contributed by atoms with van der Waals surface area (Å²) in [6, 6.07) is 5.83. The van der Waals surface area contributed by atoms with E-state index in [0.717, 1.165) is 31.6 Å². The molecule has 6 nitrogen and oxygen atoms in total. The van der Waals surface area contributed by atoms with Crippen LogP contribution < -0.4 is 4.74 Å². The number of piperidine rings is 1. The van der Waals surface area contributed by atoms with Gasteiger partial charge < -0.3 is 9.64 Å². The van der Waals surface area contributed by atoms with Gasteiger partial charge in [0.05, 0.1) is 6.54 Å². The first-order valence-electron chi connectivity index (χ1n) is 8.70. The molecule has 26 heavy (non-hydrogen) atoms. The first-order chi connectivity index (χ1) is 12.5. The van der Waals surface area contributed by atoms with Crippen molar-refractivity contribution in [3.05, 3.63) is 48.2 Å². The molecular formula is C19H23FN4O2. The number of hydrogen-bond acceptors (Lipinski definition) is 5. The van der Waals surface area contributed by atoms with Gasteiger partial charge in [-0.15, -0.1) is 0 Å². The van der Waals surface area contributed by atoms with Gasteiger partial charge in [-0.1, -0.05) is 0 Å². The van der Waals surface area contributed by atoms with Gasteiger partial charge in [-0.2, -0.15) is 0 Å². The molecule has 2 heterocycles. The van der Waals surface area contributed by atoms with Gasteiger partial charge in [0.25, 0.3) is 0 Å².